The molecule has 0 fully saturated rings. The van der Waals surface area contributed by atoms with Gasteiger partial charge in [0.15, 0.2) is 5.96 Å². The highest BCUT2D eigenvalue weighted by atomic mass is 127. The van der Waals surface area contributed by atoms with Crippen LogP contribution in [0, 0.1) is 0 Å². The summed E-state index contributed by atoms with van der Waals surface area (Å²) in [7, 11) is 3.51. The highest BCUT2D eigenvalue weighted by molar-refractivity contribution is 14.0. The third-order valence-electron chi connectivity index (χ3n) is 4.43. The maximum absolute atomic E-state index is 12.3. The summed E-state index contributed by atoms with van der Waals surface area (Å²) in [6.45, 7) is 3.65. The molecule has 0 aliphatic carbocycles. The first-order valence-corrected chi connectivity index (χ1v) is 9.29. The van der Waals surface area contributed by atoms with Crippen LogP contribution in [0.4, 0.5) is 0 Å². The van der Waals surface area contributed by atoms with E-state index in [1.54, 1.807) is 25.2 Å². The number of aliphatic imine (C=N–C) groups is 1. The lowest BCUT2D eigenvalue weighted by Crippen LogP contribution is -2.43. The number of hydrogen-bond acceptors (Lipinski definition) is 3. The van der Waals surface area contributed by atoms with E-state index >= 15 is 0 Å². The molecule has 2 rings (SSSR count). The molecular formula is C21H30IN5O. The fourth-order valence-corrected chi connectivity index (χ4v) is 2.72. The minimum atomic E-state index is 0. The molecule has 1 heterocycles. The number of pyridine rings is 1. The number of nitrogens with zero attached hydrogens (tertiary/aromatic N) is 3. The molecule has 1 amide bonds. The Labute approximate surface area is 184 Å². The van der Waals surface area contributed by atoms with Crippen LogP contribution in [-0.4, -0.2) is 48.9 Å². The zero-order valence-corrected chi connectivity index (χ0v) is 19.1. The summed E-state index contributed by atoms with van der Waals surface area (Å²) in [6, 6.07) is 14.1. The molecule has 0 spiro atoms. The van der Waals surface area contributed by atoms with Gasteiger partial charge in [-0.25, -0.2) is 0 Å². The highest BCUT2D eigenvalue weighted by Crippen LogP contribution is 2.08. The lowest BCUT2D eigenvalue weighted by atomic mass is 10.1. The molecule has 0 atom stereocenters. The average molecular weight is 495 g/mol. The van der Waals surface area contributed by atoms with Gasteiger partial charge in [-0.15, -0.1) is 24.0 Å². The first kappa shape index (κ1) is 23.9. The van der Waals surface area contributed by atoms with Gasteiger partial charge in [-0.05, 0) is 29.7 Å². The van der Waals surface area contributed by atoms with E-state index in [1.807, 2.05) is 24.3 Å². The van der Waals surface area contributed by atoms with Crippen LogP contribution in [0.3, 0.4) is 0 Å². The Bertz CT molecular complexity index is 751. The molecule has 1 aromatic heterocycles. The predicted octanol–water partition coefficient (Wildman–Crippen LogP) is 2.63. The quantitative estimate of drug-likeness (QED) is 0.336. The minimum absolute atomic E-state index is 0. The number of aryl methyl sites for hydroxylation is 1. The van der Waals surface area contributed by atoms with Crippen molar-refractivity contribution in [2.75, 3.05) is 27.2 Å². The van der Waals surface area contributed by atoms with Crippen LogP contribution >= 0.6 is 24.0 Å². The van der Waals surface area contributed by atoms with Gasteiger partial charge in [0.05, 0.1) is 6.54 Å². The Morgan fingerprint density at radius 3 is 2.46 bits per heavy atom. The Kier molecular flexibility index (Phi) is 11.2. The number of carbonyl (C=O) groups is 1. The van der Waals surface area contributed by atoms with E-state index in [9.17, 15) is 4.79 Å². The molecule has 1 aromatic carbocycles. The standard InChI is InChI=1S/C21H29N5O.HI/c1-4-17-9-5-6-10-18(17)15-24-21(22-2)25-16-20(27)26(3)14-12-19-11-7-8-13-23-19;/h5-11,13H,4,12,14-16H2,1-3H3,(H2,22,24,25);1H. The first-order chi connectivity index (χ1) is 13.1. The van der Waals surface area contributed by atoms with Crippen LogP contribution in [0.15, 0.2) is 53.7 Å². The van der Waals surface area contributed by atoms with Crippen molar-refractivity contribution in [2.24, 2.45) is 4.99 Å². The normalized spacial score (nSPS) is 10.8. The number of aromatic nitrogens is 1. The summed E-state index contributed by atoms with van der Waals surface area (Å²) in [5.41, 5.74) is 3.53. The Balaban J connectivity index is 0.00000392. The lowest BCUT2D eigenvalue weighted by molar-refractivity contribution is -0.128. The van der Waals surface area contributed by atoms with Crippen LogP contribution in [0.25, 0.3) is 0 Å². The summed E-state index contributed by atoms with van der Waals surface area (Å²) in [5.74, 6) is 0.634. The SMILES string of the molecule is CCc1ccccc1CNC(=NC)NCC(=O)N(C)CCc1ccccn1.I. The van der Waals surface area contributed by atoms with Gasteiger partial charge in [-0.3, -0.25) is 14.8 Å². The maximum Gasteiger partial charge on any atom is 0.241 e. The van der Waals surface area contributed by atoms with Crippen LogP contribution < -0.4 is 10.6 Å². The molecule has 2 aromatic rings. The zero-order chi connectivity index (χ0) is 19.5. The summed E-state index contributed by atoms with van der Waals surface area (Å²) >= 11 is 0. The smallest absolute Gasteiger partial charge is 0.241 e. The Morgan fingerprint density at radius 2 is 1.82 bits per heavy atom. The molecule has 0 saturated heterocycles. The van der Waals surface area contributed by atoms with Gasteiger partial charge in [0, 0.05) is 45.5 Å². The number of likely N-dealkylation sites (N-methyl/N-ethyl adjacent to an activating group) is 1. The van der Waals surface area contributed by atoms with Crippen molar-refractivity contribution in [3.05, 3.63) is 65.5 Å². The van der Waals surface area contributed by atoms with Crippen molar-refractivity contribution >= 4 is 35.8 Å². The third-order valence-corrected chi connectivity index (χ3v) is 4.43. The number of hydrogen-bond donors (Lipinski definition) is 2. The minimum Gasteiger partial charge on any atom is -0.352 e. The van der Waals surface area contributed by atoms with E-state index in [1.165, 1.54) is 11.1 Å². The van der Waals surface area contributed by atoms with E-state index in [4.69, 9.17) is 0 Å². The first-order valence-electron chi connectivity index (χ1n) is 9.29. The third kappa shape index (κ3) is 7.84. The monoisotopic (exact) mass is 495 g/mol. The topological polar surface area (TPSA) is 69.6 Å². The van der Waals surface area contributed by atoms with Crippen LogP contribution in [0.5, 0.6) is 0 Å². The molecule has 0 radical (unpaired) electrons. The summed E-state index contributed by atoms with van der Waals surface area (Å²) in [6.07, 6.45) is 3.50. The average Bonchev–Trinajstić information content (AvgIpc) is 2.72. The number of benzene rings is 1. The largest absolute Gasteiger partial charge is 0.352 e. The maximum atomic E-state index is 12.3. The van der Waals surface area contributed by atoms with Gasteiger partial charge in [-0.2, -0.15) is 0 Å². The van der Waals surface area contributed by atoms with Gasteiger partial charge in [0.25, 0.3) is 0 Å². The van der Waals surface area contributed by atoms with Crippen LogP contribution in [-0.2, 0) is 24.2 Å². The van der Waals surface area contributed by atoms with Gasteiger partial charge < -0.3 is 15.5 Å². The fraction of sp³-hybridized carbons (Fsp3) is 0.381. The van der Waals surface area contributed by atoms with Gasteiger partial charge in [0.1, 0.15) is 0 Å². The van der Waals surface area contributed by atoms with E-state index in [-0.39, 0.29) is 36.4 Å². The molecule has 2 N–H and O–H groups in total. The molecule has 0 unspecified atom stereocenters. The number of guanidine groups is 1. The Morgan fingerprint density at radius 1 is 1.11 bits per heavy atom. The van der Waals surface area contributed by atoms with E-state index in [2.05, 4.69) is 45.7 Å². The van der Waals surface area contributed by atoms with Crippen molar-refractivity contribution < 1.29 is 4.79 Å². The second-order valence-electron chi connectivity index (χ2n) is 6.29. The van der Waals surface area contributed by atoms with Crippen molar-refractivity contribution in [3.8, 4) is 0 Å². The second-order valence-corrected chi connectivity index (χ2v) is 6.29. The molecule has 0 saturated carbocycles. The highest BCUT2D eigenvalue weighted by Gasteiger charge is 2.10. The number of nitrogens with one attached hydrogen (secondary N) is 2. The number of carbonyl (C=O) groups excluding carboxylic acids is 1. The molecule has 0 aliphatic heterocycles. The predicted molar refractivity (Wildman–Crippen MR) is 125 cm³/mol. The van der Waals surface area contributed by atoms with E-state index in [0.717, 1.165) is 18.5 Å². The van der Waals surface area contributed by atoms with E-state index in [0.29, 0.717) is 19.0 Å². The van der Waals surface area contributed by atoms with Crippen molar-refractivity contribution in [2.45, 2.75) is 26.3 Å². The molecule has 152 valence electrons. The molecular weight excluding hydrogens is 465 g/mol. The molecule has 0 bridgehead atoms. The van der Waals surface area contributed by atoms with Crippen molar-refractivity contribution in [3.63, 3.8) is 0 Å². The van der Waals surface area contributed by atoms with Crippen LogP contribution in [0.2, 0.25) is 0 Å². The number of amides is 1. The number of halogens is 1. The fourth-order valence-electron chi connectivity index (χ4n) is 2.72. The van der Waals surface area contributed by atoms with Gasteiger partial charge in [0.2, 0.25) is 5.91 Å². The van der Waals surface area contributed by atoms with Crippen molar-refractivity contribution in [1.82, 2.24) is 20.5 Å². The van der Waals surface area contributed by atoms with Crippen LogP contribution in [0.1, 0.15) is 23.7 Å². The van der Waals surface area contributed by atoms with Crippen molar-refractivity contribution in [1.29, 1.82) is 0 Å². The van der Waals surface area contributed by atoms with Gasteiger partial charge >= 0.3 is 0 Å². The molecule has 7 heteroatoms. The van der Waals surface area contributed by atoms with Gasteiger partial charge in [-0.1, -0.05) is 37.3 Å². The second kappa shape index (κ2) is 13.1. The number of rotatable bonds is 8. The van der Waals surface area contributed by atoms with E-state index < -0.39 is 0 Å². The zero-order valence-electron chi connectivity index (χ0n) is 16.8. The molecule has 0 aliphatic rings. The summed E-state index contributed by atoms with van der Waals surface area (Å²) in [5, 5.41) is 6.36. The summed E-state index contributed by atoms with van der Waals surface area (Å²) in [4.78, 5) is 22.5. The Hall–Kier alpha value is -2.16. The summed E-state index contributed by atoms with van der Waals surface area (Å²) < 4.78 is 0. The lowest BCUT2D eigenvalue weighted by Gasteiger charge is -2.19. The molecule has 28 heavy (non-hydrogen) atoms. The molecule has 6 nitrogen and oxygen atoms in total.